The highest BCUT2D eigenvalue weighted by Gasteiger charge is 2.24. The van der Waals surface area contributed by atoms with Gasteiger partial charge in [0.1, 0.15) is 0 Å². The van der Waals surface area contributed by atoms with Crippen LogP contribution in [-0.2, 0) is 4.43 Å². The van der Waals surface area contributed by atoms with Gasteiger partial charge in [0.25, 0.3) is 8.32 Å². The molecule has 0 radical (unpaired) electrons. The first-order valence-electron chi connectivity index (χ1n) is 3.58. The van der Waals surface area contributed by atoms with Crippen LogP contribution in [0.1, 0.15) is 6.92 Å². The lowest BCUT2D eigenvalue weighted by molar-refractivity contribution is 0.470. The third-order valence-electron chi connectivity index (χ3n) is 1.69. The fourth-order valence-electron chi connectivity index (χ4n) is 0.782. The molecule has 0 bridgehead atoms. The zero-order valence-corrected chi connectivity index (χ0v) is 7.89. The summed E-state index contributed by atoms with van der Waals surface area (Å²) in [4.78, 5) is 0. The van der Waals surface area contributed by atoms with Gasteiger partial charge in [0.05, 0.1) is 6.26 Å². The largest absolute Gasteiger partial charge is 0.550 e. The molecule has 1 atom stereocenters. The van der Waals surface area contributed by atoms with Crippen molar-refractivity contribution in [3.8, 4) is 0 Å². The van der Waals surface area contributed by atoms with Crippen LogP contribution in [0.2, 0.25) is 18.6 Å². The second-order valence-corrected chi connectivity index (χ2v) is 6.83. The van der Waals surface area contributed by atoms with Gasteiger partial charge >= 0.3 is 0 Å². The Morgan fingerprint density at radius 1 is 1.50 bits per heavy atom. The Kier molecular flexibility index (Phi) is 4.12. The molecule has 1 nitrogen and oxygen atoms in total. The summed E-state index contributed by atoms with van der Waals surface area (Å²) in [6.07, 6.45) is 3.48. The van der Waals surface area contributed by atoms with Gasteiger partial charge in [-0.3, -0.25) is 0 Å². The first-order chi connectivity index (χ1) is 4.68. The first kappa shape index (κ1) is 9.50. The molecule has 0 aliphatic carbocycles. The van der Waals surface area contributed by atoms with E-state index in [0.717, 1.165) is 12.1 Å². The fraction of sp³-hybridized carbons (Fsp3) is 0.500. The Hall–Kier alpha value is -0.503. The minimum Gasteiger partial charge on any atom is -0.550 e. The highest BCUT2D eigenvalue weighted by atomic mass is 28.4. The van der Waals surface area contributed by atoms with Crippen LogP contribution < -0.4 is 0 Å². The van der Waals surface area contributed by atoms with E-state index in [9.17, 15) is 0 Å². The Morgan fingerprint density at radius 2 is 2.10 bits per heavy atom. The van der Waals surface area contributed by atoms with Crippen LogP contribution in [0.5, 0.6) is 0 Å². The lowest BCUT2D eigenvalue weighted by Crippen LogP contribution is -2.30. The minimum absolute atomic E-state index is 1.01. The van der Waals surface area contributed by atoms with Crippen molar-refractivity contribution in [2.45, 2.75) is 25.6 Å². The third kappa shape index (κ3) is 2.87. The standard InChI is InChI=1S/C8H16OSi/c1-5-8-10(4,7-3)9-6-2/h5-6H,1-2,7-8H2,3-4H3. The van der Waals surface area contributed by atoms with Gasteiger partial charge in [0.2, 0.25) is 0 Å². The lowest BCUT2D eigenvalue weighted by Gasteiger charge is -2.22. The highest BCUT2D eigenvalue weighted by Crippen LogP contribution is 2.16. The van der Waals surface area contributed by atoms with Gasteiger partial charge in [-0.15, -0.1) is 6.58 Å². The van der Waals surface area contributed by atoms with E-state index in [1.165, 1.54) is 0 Å². The maximum absolute atomic E-state index is 5.45. The van der Waals surface area contributed by atoms with Crippen LogP contribution in [0.4, 0.5) is 0 Å². The van der Waals surface area contributed by atoms with Gasteiger partial charge in [-0.2, -0.15) is 0 Å². The summed E-state index contributed by atoms with van der Waals surface area (Å²) in [5.41, 5.74) is 0. The summed E-state index contributed by atoms with van der Waals surface area (Å²) in [5.74, 6) is 0. The first-order valence-corrected chi connectivity index (χ1v) is 6.40. The van der Waals surface area contributed by atoms with E-state index in [1.54, 1.807) is 6.26 Å². The summed E-state index contributed by atoms with van der Waals surface area (Å²) >= 11 is 0. The van der Waals surface area contributed by atoms with E-state index >= 15 is 0 Å². The maximum atomic E-state index is 5.45. The van der Waals surface area contributed by atoms with E-state index in [4.69, 9.17) is 4.43 Å². The third-order valence-corrected chi connectivity index (χ3v) is 5.08. The van der Waals surface area contributed by atoms with Gasteiger partial charge in [0, 0.05) is 0 Å². The van der Waals surface area contributed by atoms with Crippen LogP contribution in [-0.4, -0.2) is 8.32 Å². The Balaban J connectivity index is 3.92. The van der Waals surface area contributed by atoms with E-state index in [0.29, 0.717) is 0 Å². The minimum atomic E-state index is -1.46. The highest BCUT2D eigenvalue weighted by molar-refractivity contribution is 6.73. The van der Waals surface area contributed by atoms with Crippen LogP contribution in [0.3, 0.4) is 0 Å². The molecular weight excluding hydrogens is 140 g/mol. The van der Waals surface area contributed by atoms with Crippen molar-refractivity contribution in [1.82, 2.24) is 0 Å². The molecule has 10 heavy (non-hydrogen) atoms. The molecular formula is C8H16OSi. The molecule has 0 aromatic heterocycles. The number of rotatable bonds is 5. The van der Waals surface area contributed by atoms with Gasteiger partial charge < -0.3 is 4.43 Å². The molecule has 0 amide bonds. The molecule has 0 aromatic rings. The van der Waals surface area contributed by atoms with E-state index < -0.39 is 8.32 Å². The zero-order chi connectivity index (χ0) is 8.04. The van der Waals surface area contributed by atoms with Crippen molar-refractivity contribution >= 4 is 8.32 Å². The van der Waals surface area contributed by atoms with Crippen molar-refractivity contribution < 1.29 is 4.43 Å². The van der Waals surface area contributed by atoms with Crippen LogP contribution in [0, 0.1) is 0 Å². The number of allylic oxidation sites excluding steroid dienone is 1. The van der Waals surface area contributed by atoms with Crippen LogP contribution >= 0.6 is 0 Å². The maximum Gasteiger partial charge on any atom is 0.250 e. The smallest absolute Gasteiger partial charge is 0.250 e. The predicted molar refractivity (Wildman–Crippen MR) is 48.4 cm³/mol. The molecule has 0 aromatic carbocycles. The van der Waals surface area contributed by atoms with Gasteiger partial charge in [-0.25, -0.2) is 0 Å². The Morgan fingerprint density at radius 3 is 2.40 bits per heavy atom. The van der Waals surface area contributed by atoms with Crippen molar-refractivity contribution in [2.75, 3.05) is 0 Å². The van der Waals surface area contributed by atoms with Gasteiger partial charge in [0.15, 0.2) is 0 Å². The average molecular weight is 156 g/mol. The monoisotopic (exact) mass is 156 g/mol. The summed E-state index contributed by atoms with van der Waals surface area (Å²) in [7, 11) is -1.46. The molecule has 0 saturated heterocycles. The molecule has 1 unspecified atom stereocenters. The van der Waals surface area contributed by atoms with Crippen LogP contribution in [0.25, 0.3) is 0 Å². The van der Waals surface area contributed by atoms with E-state index in [1.807, 2.05) is 6.08 Å². The van der Waals surface area contributed by atoms with Crippen molar-refractivity contribution in [2.24, 2.45) is 0 Å². The second-order valence-electron chi connectivity index (χ2n) is 2.58. The van der Waals surface area contributed by atoms with Crippen LogP contribution in [0.15, 0.2) is 25.5 Å². The lowest BCUT2D eigenvalue weighted by atomic mass is 10.8. The topological polar surface area (TPSA) is 9.23 Å². The summed E-state index contributed by atoms with van der Waals surface area (Å²) in [6, 6.07) is 2.13. The molecule has 58 valence electrons. The quantitative estimate of drug-likeness (QED) is 0.338. The predicted octanol–water partition coefficient (Wildman–Crippen LogP) is 2.93. The van der Waals surface area contributed by atoms with Crippen molar-refractivity contribution in [3.63, 3.8) is 0 Å². The zero-order valence-electron chi connectivity index (χ0n) is 6.89. The van der Waals surface area contributed by atoms with Gasteiger partial charge in [-0.1, -0.05) is 19.6 Å². The van der Waals surface area contributed by atoms with E-state index in [2.05, 4.69) is 26.6 Å². The summed E-state index contributed by atoms with van der Waals surface area (Å²) in [6.45, 7) is 11.6. The molecule has 0 spiro atoms. The average Bonchev–Trinajstić information content (AvgIpc) is 1.89. The number of hydrogen-bond acceptors (Lipinski definition) is 1. The molecule has 0 fully saturated rings. The molecule has 0 aliphatic heterocycles. The van der Waals surface area contributed by atoms with Crippen molar-refractivity contribution in [3.05, 3.63) is 25.5 Å². The fourth-order valence-corrected chi connectivity index (χ4v) is 2.35. The normalized spacial score (nSPS) is 15.4. The molecule has 0 rings (SSSR count). The Bertz CT molecular complexity index is 110. The van der Waals surface area contributed by atoms with Crippen molar-refractivity contribution in [1.29, 1.82) is 0 Å². The molecule has 0 heterocycles. The van der Waals surface area contributed by atoms with Gasteiger partial charge in [-0.05, 0) is 18.6 Å². The SMILES string of the molecule is C=CC[Si](C)(CC)OC=C. The Labute approximate surface area is 64.5 Å². The number of hydrogen-bond donors (Lipinski definition) is 0. The molecule has 0 saturated carbocycles. The molecule has 2 heteroatoms. The summed E-state index contributed by atoms with van der Waals surface area (Å²) < 4.78 is 5.45. The van der Waals surface area contributed by atoms with E-state index in [-0.39, 0.29) is 0 Å². The molecule has 0 N–H and O–H groups in total. The summed E-state index contributed by atoms with van der Waals surface area (Å²) in [5, 5.41) is 0. The second kappa shape index (κ2) is 4.33. The molecule has 0 aliphatic rings.